The minimum absolute atomic E-state index is 0.113. The zero-order chi connectivity index (χ0) is 22.8. The predicted octanol–water partition coefficient (Wildman–Crippen LogP) is 4.40. The third kappa shape index (κ3) is 5.59. The van der Waals surface area contributed by atoms with E-state index < -0.39 is 10.0 Å². The Morgan fingerprint density at radius 2 is 1.87 bits per heavy atom. The van der Waals surface area contributed by atoms with Crippen molar-refractivity contribution in [1.82, 2.24) is 9.21 Å². The van der Waals surface area contributed by atoms with Crippen LogP contribution in [0.1, 0.15) is 24.0 Å². The summed E-state index contributed by atoms with van der Waals surface area (Å²) in [5.74, 6) is -0.319. The van der Waals surface area contributed by atoms with Crippen molar-refractivity contribution in [3.63, 3.8) is 0 Å². The first-order valence-corrected chi connectivity index (χ1v) is 12.3. The van der Waals surface area contributed by atoms with Gasteiger partial charge in [0, 0.05) is 48.5 Å². The maximum absolute atomic E-state index is 13.0. The average Bonchev–Trinajstić information content (AvgIpc) is 2.72. The molecule has 1 atom stereocenters. The molecule has 1 saturated heterocycles. The zero-order valence-corrected chi connectivity index (χ0v) is 20.2. The maximum Gasteiger partial charge on any atom is 0.242 e. The fourth-order valence-electron chi connectivity index (χ4n) is 3.66. The summed E-state index contributed by atoms with van der Waals surface area (Å²) < 4.78 is 26.0. The Balaban J connectivity index is 1.72. The van der Waals surface area contributed by atoms with Crippen LogP contribution in [0.15, 0.2) is 41.3 Å². The van der Waals surface area contributed by atoms with E-state index >= 15 is 0 Å². The summed E-state index contributed by atoms with van der Waals surface area (Å²) in [6, 6.07) is 10.2. The monoisotopic (exact) mass is 483 g/mol. The van der Waals surface area contributed by atoms with Gasteiger partial charge in [-0.2, -0.15) is 0 Å². The van der Waals surface area contributed by atoms with Crippen molar-refractivity contribution >= 4 is 44.8 Å². The third-order valence-corrected chi connectivity index (χ3v) is 8.08. The number of nitrogens with one attached hydrogen (secondary N) is 1. The van der Waals surface area contributed by atoms with E-state index in [0.29, 0.717) is 28.8 Å². The standard InChI is InChI=1S/C22H27Cl2N3O3S/c1-15-9-10-17(31(29,30)26(2)3)12-21(15)25-22(28)16-6-5-11-27(13-16)14-18-19(23)7-4-8-20(18)24/h4,7-10,12,16H,5-6,11,13-14H2,1-3H3,(H,25,28)/t16-/m0/s1. The Labute approximate surface area is 194 Å². The van der Waals surface area contributed by atoms with Gasteiger partial charge in [0.1, 0.15) is 0 Å². The molecule has 9 heteroatoms. The minimum Gasteiger partial charge on any atom is -0.326 e. The summed E-state index contributed by atoms with van der Waals surface area (Å²) in [5.41, 5.74) is 2.19. The predicted molar refractivity (Wildman–Crippen MR) is 125 cm³/mol. The van der Waals surface area contributed by atoms with E-state index in [4.69, 9.17) is 23.2 Å². The second-order valence-corrected chi connectivity index (χ2v) is 11.0. The Bertz CT molecular complexity index is 1050. The van der Waals surface area contributed by atoms with Crippen LogP contribution in [0.2, 0.25) is 10.0 Å². The molecule has 1 heterocycles. The van der Waals surface area contributed by atoms with Crippen LogP contribution in [-0.2, 0) is 21.4 Å². The molecule has 0 aromatic heterocycles. The number of anilines is 1. The SMILES string of the molecule is Cc1ccc(S(=O)(=O)N(C)C)cc1NC(=O)[C@H]1CCCN(Cc2c(Cl)cccc2Cl)C1. The number of hydrogen-bond donors (Lipinski definition) is 1. The van der Waals surface area contributed by atoms with Crippen LogP contribution < -0.4 is 5.32 Å². The van der Waals surface area contributed by atoms with E-state index in [1.807, 2.05) is 25.1 Å². The molecule has 0 radical (unpaired) electrons. The minimum atomic E-state index is -3.58. The number of likely N-dealkylation sites (tertiary alicyclic amines) is 1. The lowest BCUT2D eigenvalue weighted by molar-refractivity contribution is -0.121. The van der Waals surface area contributed by atoms with Crippen molar-refractivity contribution in [1.29, 1.82) is 0 Å². The summed E-state index contributed by atoms with van der Waals surface area (Å²) in [7, 11) is -0.617. The van der Waals surface area contributed by atoms with Gasteiger partial charge in [-0.15, -0.1) is 0 Å². The number of benzene rings is 2. The number of halogens is 2. The van der Waals surface area contributed by atoms with Crippen molar-refractivity contribution in [2.45, 2.75) is 31.2 Å². The molecule has 0 saturated carbocycles. The quantitative estimate of drug-likeness (QED) is 0.660. The first-order valence-electron chi connectivity index (χ1n) is 10.1. The molecule has 0 unspecified atom stereocenters. The normalized spacial score (nSPS) is 17.7. The van der Waals surface area contributed by atoms with Crippen LogP contribution in [0.4, 0.5) is 5.69 Å². The maximum atomic E-state index is 13.0. The summed E-state index contributed by atoms with van der Waals surface area (Å²) >= 11 is 12.6. The Morgan fingerprint density at radius 3 is 2.52 bits per heavy atom. The highest BCUT2D eigenvalue weighted by atomic mass is 35.5. The Kier molecular flexibility index (Phi) is 7.65. The van der Waals surface area contributed by atoms with E-state index in [9.17, 15) is 13.2 Å². The fraction of sp³-hybridized carbons (Fsp3) is 0.409. The van der Waals surface area contributed by atoms with Crippen LogP contribution in [0.3, 0.4) is 0 Å². The van der Waals surface area contributed by atoms with E-state index in [1.54, 1.807) is 12.1 Å². The lowest BCUT2D eigenvalue weighted by Gasteiger charge is -2.32. The van der Waals surface area contributed by atoms with Gasteiger partial charge in [0.15, 0.2) is 0 Å². The molecule has 31 heavy (non-hydrogen) atoms. The number of amides is 1. The van der Waals surface area contributed by atoms with Crippen LogP contribution in [-0.4, -0.2) is 50.7 Å². The molecule has 0 aliphatic carbocycles. The largest absolute Gasteiger partial charge is 0.326 e. The number of sulfonamides is 1. The van der Waals surface area contributed by atoms with Gasteiger partial charge >= 0.3 is 0 Å². The lowest BCUT2D eigenvalue weighted by atomic mass is 9.96. The van der Waals surface area contributed by atoms with Gasteiger partial charge in [0.05, 0.1) is 10.8 Å². The third-order valence-electron chi connectivity index (χ3n) is 5.57. The first-order chi connectivity index (χ1) is 14.6. The topological polar surface area (TPSA) is 69.7 Å². The van der Waals surface area contributed by atoms with Gasteiger partial charge in [-0.25, -0.2) is 12.7 Å². The van der Waals surface area contributed by atoms with Crippen LogP contribution in [0, 0.1) is 12.8 Å². The van der Waals surface area contributed by atoms with Gasteiger partial charge < -0.3 is 5.32 Å². The molecule has 6 nitrogen and oxygen atoms in total. The number of piperidine rings is 1. The second kappa shape index (κ2) is 9.88. The number of carbonyl (C=O) groups excluding carboxylic acids is 1. The zero-order valence-electron chi connectivity index (χ0n) is 17.9. The van der Waals surface area contributed by atoms with E-state index in [1.165, 1.54) is 20.2 Å². The van der Waals surface area contributed by atoms with E-state index in [-0.39, 0.29) is 16.7 Å². The van der Waals surface area contributed by atoms with Gasteiger partial charge in [0.2, 0.25) is 15.9 Å². The van der Waals surface area contributed by atoms with Crippen LogP contribution in [0.5, 0.6) is 0 Å². The Hall–Kier alpha value is -1.64. The van der Waals surface area contributed by atoms with Crippen molar-refractivity contribution in [2.75, 3.05) is 32.5 Å². The molecule has 1 aliphatic heterocycles. The first kappa shape index (κ1) is 24.0. The fourth-order valence-corrected chi connectivity index (χ4v) is 5.11. The van der Waals surface area contributed by atoms with Gasteiger partial charge in [-0.1, -0.05) is 35.3 Å². The molecule has 0 bridgehead atoms. The summed E-state index contributed by atoms with van der Waals surface area (Å²) in [6.07, 6.45) is 1.65. The number of hydrogen-bond acceptors (Lipinski definition) is 4. The molecular weight excluding hydrogens is 457 g/mol. The smallest absolute Gasteiger partial charge is 0.242 e. The number of aryl methyl sites for hydroxylation is 1. The number of nitrogens with zero attached hydrogens (tertiary/aromatic N) is 2. The van der Waals surface area contributed by atoms with Gasteiger partial charge in [-0.05, 0) is 56.1 Å². The van der Waals surface area contributed by atoms with Crippen molar-refractivity contribution in [3.8, 4) is 0 Å². The molecule has 0 spiro atoms. The van der Waals surface area contributed by atoms with Crippen LogP contribution >= 0.6 is 23.2 Å². The molecule has 1 N–H and O–H groups in total. The van der Waals surface area contributed by atoms with Gasteiger partial charge in [-0.3, -0.25) is 9.69 Å². The molecule has 2 aromatic carbocycles. The van der Waals surface area contributed by atoms with E-state index in [0.717, 1.165) is 34.8 Å². The second-order valence-electron chi connectivity index (χ2n) is 8.03. The van der Waals surface area contributed by atoms with Crippen molar-refractivity contribution in [3.05, 3.63) is 57.6 Å². The highest BCUT2D eigenvalue weighted by molar-refractivity contribution is 7.89. The molecule has 3 rings (SSSR count). The number of carbonyl (C=O) groups is 1. The Morgan fingerprint density at radius 1 is 1.19 bits per heavy atom. The highest BCUT2D eigenvalue weighted by Crippen LogP contribution is 2.29. The molecule has 2 aromatic rings. The summed E-state index contributed by atoms with van der Waals surface area (Å²) in [4.78, 5) is 15.3. The van der Waals surface area contributed by atoms with Gasteiger partial charge in [0.25, 0.3) is 0 Å². The molecule has 1 fully saturated rings. The lowest BCUT2D eigenvalue weighted by Crippen LogP contribution is -2.40. The molecule has 1 aliphatic rings. The number of rotatable bonds is 6. The van der Waals surface area contributed by atoms with E-state index in [2.05, 4.69) is 10.2 Å². The molecule has 168 valence electrons. The average molecular weight is 484 g/mol. The van der Waals surface area contributed by atoms with Crippen molar-refractivity contribution < 1.29 is 13.2 Å². The van der Waals surface area contributed by atoms with Crippen molar-refractivity contribution in [2.24, 2.45) is 5.92 Å². The molecular formula is C22H27Cl2N3O3S. The molecule has 1 amide bonds. The highest BCUT2D eigenvalue weighted by Gasteiger charge is 2.27. The summed E-state index contributed by atoms with van der Waals surface area (Å²) in [6.45, 7) is 3.87. The summed E-state index contributed by atoms with van der Waals surface area (Å²) in [5, 5.41) is 4.18. The van der Waals surface area contributed by atoms with Crippen LogP contribution in [0.25, 0.3) is 0 Å².